The molecule has 0 saturated carbocycles. The Morgan fingerprint density at radius 1 is 0.786 bits per heavy atom. The molecule has 1 aromatic rings. The third kappa shape index (κ3) is 1.11. The highest BCUT2D eigenvalue weighted by Gasteiger charge is 2.21. The summed E-state index contributed by atoms with van der Waals surface area (Å²) in [5, 5.41) is 0. The van der Waals surface area contributed by atoms with Gasteiger partial charge in [0.1, 0.15) is 0 Å². The highest BCUT2D eigenvalue weighted by molar-refractivity contribution is 5.47. The summed E-state index contributed by atoms with van der Waals surface area (Å²) in [5.74, 6) is 3.32. The summed E-state index contributed by atoms with van der Waals surface area (Å²) < 4.78 is 11.4. The number of benzene rings is 1. The number of ether oxygens (including phenoxy) is 2. The van der Waals surface area contributed by atoms with E-state index in [2.05, 4.69) is 12.2 Å². The molecule has 2 nitrogen and oxygen atoms in total. The van der Waals surface area contributed by atoms with E-state index in [-0.39, 0.29) is 0 Å². The van der Waals surface area contributed by atoms with Gasteiger partial charge in [0.15, 0.2) is 23.0 Å². The van der Waals surface area contributed by atoms with Crippen molar-refractivity contribution in [1.82, 2.24) is 0 Å². The lowest BCUT2D eigenvalue weighted by molar-refractivity contribution is 0.288. The van der Waals surface area contributed by atoms with E-state index in [9.17, 15) is 0 Å². The van der Waals surface area contributed by atoms with Gasteiger partial charge in [-0.2, -0.15) is 0 Å². The molecule has 1 heterocycles. The SMILES string of the molecule is C1=C2Oc3ccccc3OC2=CCC1. The smallest absolute Gasteiger partial charge is 0.170 e. The van der Waals surface area contributed by atoms with Crippen molar-refractivity contribution in [3.8, 4) is 11.5 Å². The Kier molecular flexibility index (Phi) is 1.60. The zero-order valence-electron chi connectivity index (χ0n) is 7.69. The first-order chi connectivity index (χ1) is 6.93. The largest absolute Gasteiger partial charge is 0.450 e. The lowest BCUT2D eigenvalue weighted by atomic mass is 10.1. The Balaban J connectivity index is 2.07. The lowest BCUT2D eigenvalue weighted by Crippen LogP contribution is -2.13. The quantitative estimate of drug-likeness (QED) is 0.620. The van der Waals surface area contributed by atoms with Gasteiger partial charge in [-0.1, -0.05) is 12.1 Å². The summed E-state index contributed by atoms with van der Waals surface area (Å²) in [4.78, 5) is 0. The molecule has 0 unspecified atom stereocenters. The third-order valence-electron chi connectivity index (χ3n) is 2.36. The lowest BCUT2D eigenvalue weighted by Gasteiger charge is -2.24. The Bertz CT molecular complexity index is 389. The first-order valence-electron chi connectivity index (χ1n) is 4.79. The van der Waals surface area contributed by atoms with E-state index in [0.717, 1.165) is 35.9 Å². The molecule has 1 aromatic carbocycles. The maximum Gasteiger partial charge on any atom is 0.170 e. The first-order valence-corrected chi connectivity index (χ1v) is 4.79. The van der Waals surface area contributed by atoms with Crippen molar-refractivity contribution in [3.05, 3.63) is 47.9 Å². The van der Waals surface area contributed by atoms with Gasteiger partial charge >= 0.3 is 0 Å². The second-order valence-corrected chi connectivity index (χ2v) is 3.36. The van der Waals surface area contributed by atoms with E-state index < -0.39 is 0 Å². The molecule has 3 rings (SSSR count). The summed E-state index contributed by atoms with van der Waals surface area (Å²) in [6.45, 7) is 0. The molecule has 0 N–H and O–H groups in total. The van der Waals surface area contributed by atoms with E-state index in [1.54, 1.807) is 0 Å². The molecule has 70 valence electrons. The maximum absolute atomic E-state index is 5.70. The van der Waals surface area contributed by atoms with E-state index in [1.165, 1.54) is 0 Å². The molecule has 0 atom stereocenters. The summed E-state index contributed by atoms with van der Waals surface area (Å²) in [5.41, 5.74) is 0. The number of rotatable bonds is 0. The summed E-state index contributed by atoms with van der Waals surface area (Å²) in [7, 11) is 0. The topological polar surface area (TPSA) is 18.5 Å². The average Bonchev–Trinajstić information content (AvgIpc) is 2.26. The van der Waals surface area contributed by atoms with Crippen LogP contribution in [0.2, 0.25) is 0 Å². The van der Waals surface area contributed by atoms with E-state index in [1.807, 2.05) is 24.3 Å². The van der Waals surface area contributed by atoms with Crippen LogP contribution in [0.25, 0.3) is 0 Å². The van der Waals surface area contributed by atoms with Crippen LogP contribution in [-0.2, 0) is 0 Å². The zero-order valence-corrected chi connectivity index (χ0v) is 7.69. The molecule has 0 aromatic heterocycles. The van der Waals surface area contributed by atoms with Crippen LogP contribution in [0.3, 0.4) is 0 Å². The molecule has 0 radical (unpaired) electrons. The van der Waals surface area contributed by atoms with Gasteiger partial charge in [-0.3, -0.25) is 0 Å². The van der Waals surface area contributed by atoms with Crippen molar-refractivity contribution in [2.24, 2.45) is 0 Å². The molecule has 1 aliphatic carbocycles. The van der Waals surface area contributed by atoms with Crippen LogP contribution < -0.4 is 9.47 Å². The number of hydrogen-bond donors (Lipinski definition) is 0. The summed E-state index contributed by atoms with van der Waals surface area (Å²) in [6.07, 6.45) is 6.21. The minimum Gasteiger partial charge on any atom is -0.450 e. The fraction of sp³-hybridized carbons (Fsp3) is 0.167. The normalized spacial score (nSPS) is 18.0. The number of fused-ring (bicyclic) bond motifs is 2. The second-order valence-electron chi connectivity index (χ2n) is 3.36. The van der Waals surface area contributed by atoms with Crippen LogP contribution in [-0.4, -0.2) is 0 Å². The van der Waals surface area contributed by atoms with Gasteiger partial charge in [0.05, 0.1) is 0 Å². The van der Waals surface area contributed by atoms with Gasteiger partial charge in [0.25, 0.3) is 0 Å². The monoisotopic (exact) mass is 186 g/mol. The van der Waals surface area contributed by atoms with Crippen molar-refractivity contribution in [2.75, 3.05) is 0 Å². The molecule has 14 heavy (non-hydrogen) atoms. The molecular weight excluding hydrogens is 176 g/mol. The second kappa shape index (κ2) is 2.91. The van der Waals surface area contributed by atoms with Gasteiger partial charge in [-0.05, 0) is 37.1 Å². The molecular formula is C12H10O2. The Hall–Kier alpha value is -1.70. The van der Waals surface area contributed by atoms with Crippen LogP contribution in [0.5, 0.6) is 11.5 Å². The van der Waals surface area contributed by atoms with Crippen LogP contribution in [0.4, 0.5) is 0 Å². The third-order valence-corrected chi connectivity index (χ3v) is 2.36. The minimum atomic E-state index is 0.804. The fourth-order valence-corrected chi connectivity index (χ4v) is 1.67. The van der Waals surface area contributed by atoms with E-state index in [0.29, 0.717) is 0 Å². The average molecular weight is 186 g/mol. The van der Waals surface area contributed by atoms with Crippen molar-refractivity contribution in [2.45, 2.75) is 12.8 Å². The van der Waals surface area contributed by atoms with Gasteiger partial charge in [0.2, 0.25) is 0 Å². The predicted octanol–water partition coefficient (Wildman–Crippen LogP) is 3.02. The Morgan fingerprint density at radius 2 is 1.29 bits per heavy atom. The first kappa shape index (κ1) is 7.68. The summed E-state index contributed by atoms with van der Waals surface area (Å²) >= 11 is 0. The molecule has 0 bridgehead atoms. The standard InChI is InChI=1S/C12H10O2/c1-2-6-10-9(5-1)13-11-7-3-4-8-12(11)14-10/h1-2,5-8H,3-4H2. The van der Waals surface area contributed by atoms with Crippen LogP contribution >= 0.6 is 0 Å². The molecule has 0 fully saturated rings. The van der Waals surface area contributed by atoms with Gasteiger partial charge in [-0.25, -0.2) is 0 Å². The van der Waals surface area contributed by atoms with Gasteiger partial charge in [0, 0.05) is 0 Å². The fourth-order valence-electron chi connectivity index (χ4n) is 1.67. The highest BCUT2D eigenvalue weighted by Crippen LogP contribution is 2.37. The van der Waals surface area contributed by atoms with E-state index >= 15 is 0 Å². The number of allylic oxidation sites excluding steroid dienone is 2. The van der Waals surface area contributed by atoms with Crippen LogP contribution in [0.1, 0.15) is 12.8 Å². The van der Waals surface area contributed by atoms with Crippen LogP contribution in [0, 0.1) is 0 Å². The van der Waals surface area contributed by atoms with Crippen molar-refractivity contribution >= 4 is 0 Å². The Morgan fingerprint density at radius 3 is 1.79 bits per heavy atom. The molecule has 0 amide bonds. The highest BCUT2D eigenvalue weighted by atomic mass is 16.6. The molecule has 0 saturated heterocycles. The zero-order chi connectivity index (χ0) is 9.38. The van der Waals surface area contributed by atoms with Crippen LogP contribution in [0.15, 0.2) is 47.9 Å². The van der Waals surface area contributed by atoms with Crippen molar-refractivity contribution < 1.29 is 9.47 Å². The van der Waals surface area contributed by atoms with Crippen molar-refractivity contribution in [1.29, 1.82) is 0 Å². The number of para-hydroxylation sites is 2. The van der Waals surface area contributed by atoms with Gasteiger partial charge in [-0.15, -0.1) is 0 Å². The predicted molar refractivity (Wildman–Crippen MR) is 53.1 cm³/mol. The minimum absolute atomic E-state index is 0.804. The maximum atomic E-state index is 5.70. The molecule has 2 heteroatoms. The summed E-state index contributed by atoms with van der Waals surface area (Å²) in [6, 6.07) is 7.73. The Labute approximate surface area is 82.5 Å². The van der Waals surface area contributed by atoms with Gasteiger partial charge < -0.3 is 9.47 Å². The molecule has 2 aliphatic rings. The molecule has 0 spiro atoms. The van der Waals surface area contributed by atoms with E-state index in [4.69, 9.17) is 9.47 Å². The number of hydrogen-bond acceptors (Lipinski definition) is 2. The van der Waals surface area contributed by atoms with Crippen molar-refractivity contribution in [3.63, 3.8) is 0 Å². The molecule has 1 aliphatic heterocycles.